The van der Waals surface area contributed by atoms with Crippen LogP contribution in [0.1, 0.15) is 53.5 Å². The van der Waals surface area contributed by atoms with Crippen LogP contribution in [0.2, 0.25) is 0 Å². The third-order valence-corrected chi connectivity index (χ3v) is 5.78. The van der Waals surface area contributed by atoms with Gasteiger partial charge in [-0.2, -0.15) is 0 Å². The summed E-state index contributed by atoms with van der Waals surface area (Å²) in [6.07, 6.45) is 2.69. The van der Waals surface area contributed by atoms with Gasteiger partial charge in [-0.05, 0) is 81.2 Å². The molecule has 5 heteroatoms. The molecule has 1 aliphatic carbocycles. The number of aryl methyl sites for hydroxylation is 2. The van der Waals surface area contributed by atoms with Gasteiger partial charge in [0.1, 0.15) is 12.9 Å². The Morgan fingerprint density at radius 1 is 1.12 bits per heavy atom. The number of carbonyl (C=O) groups is 1. The Balaban J connectivity index is 2.06. The third-order valence-electron chi connectivity index (χ3n) is 5.78. The van der Waals surface area contributed by atoms with Crippen molar-refractivity contribution in [1.29, 1.82) is 0 Å². The molecular formula is C20H26N2O3. The Hall–Kier alpha value is -2.30. The van der Waals surface area contributed by atoms with Crippen molar-refractivity contribution in [1.82, 2.24) is 5.32 Å². The maximum absolute atomic E-state index is 12.8. The first-order valence-electron chi connectivity index (χ1n) is 8.73. The highest BCUT2D eigenvalue weighted by molar-refractivity contribution is 6.24. The number of nitrogens with zero attached hydrogens (tertiary/aromatic N) is 1. The van der Waals surface area contributed by atoms with Crippen LogP contribution in [0.3, 0.4) is 0 Å². The molecule has 0 bridgehead atoms. The summed E-state index contributed by atoms with van der Waals surface area (Å²) in [5, 5.41) is 18.1. The van der Waals surface area contributed by atoms with Crippen LogP contribution in [-0.2, 0) is 9.63 Å². The van der Waals surface area contributed by atoms with Crippen molar-refractivity contribution in [2.45, 2.75) is 58.9 Å². The fourth-order valence-corrected chi connectivity index (χ4v) is 4.13. The van der Waals surface area contributed by atoms with E-state index in [1.165, 1.54) is 12.7 Å². The minimum Gasteiger partial charge on any atom is -0.509 e. The molecule has 0 saturated heterocycles. The maximum Gasteiger partial charge on any atom is 0.256 e. The lowest BCUT2D eigenvalue weighted by atomic mass is 9.79. The molecule has 1 aromatic rings. The molecule has 3 rings (SSSR count). The topological polar surface area (TPSA) is 70.9 Å². The number of nitrogens with one attached hydrogen (secondary N) is 1. The van der Waals surface area contributed by atoms with E-state index in [4.69, 9.17) is 4.84 Å². The number of hydrogen-bond acceptors (Lipinski definition) is 4. The van der Waals surface area contributed by atoms with Gasteiger partial charge in [0.25, 0.3) is 5.91 Å². The number of oxime groups is 1. The van der Waals surface area contributed by atoms with Gasteiger partial charge in [-0.3, -0.25) is 4.79 Å². The monoisotopic (exact) mass is 342 g/mol. The van der Waals surface area contributed by atoms with Crippen LogP contribution in [0, 0.1) is 27.7 Å². The summed E-state index contributed by atoms with van der Waals surface area (Å²) in [6, 6.07) is 2.08. The molecule has 0 unspecified atom stereocenters. The van der Waals surface area contributed by atoms with Crippen molar-refractivity contribution in [2.75, 3.05) is 7.11 Å². The third kappa shape index (κ3) is 2.71. The van der Waals surface area contributed by atoms with Crippen molar-refractivity contribution in [3.8, 4) is 0 Å². The summed E-state index contributed by atoms with van der Waals surface area (Å²) >= 11 is 0. The Morgan fingerprint density at radius 3 is 2.36 bits per heavy atom. The van der Waals surface area contributed by atoms with Gasteiger partial charge in [0.15, 0.2) is 0 Å². The number of aliphatic hydroxyl groups excluding tert-OH is 1. The molecule has 1 amide bonds. The summed E-state index contributed by atoms with van der Waals surface area (Å²) < 4.78 is 0. The number of aliphatic hydroxyl groups is 1. The first-order valence-corrected chi connectivity index (χ1v) is 8.73. The highest BCUT2D eigenvalue weighted by atomic mass is 16.6. The molecule has 134 valence electrons. The Kier molecular flexibility index (Phi) is 4.35. The van der Waals surface area contributed by atoms with Crippen LogP contribution in [-0.4, -0.2) is 29.4 Å². The molecule has 25 heavy (non-hydrogen) atoms. The second kappa shape index (κ2) is 6.21. The van der Waals surface area contributed by atoms with E-state index >= 15 is 0 Å². The minimum absolute atomic E-state index is 0.181. The zero-order valence-corrected chi connectivity index (χ0v) is 15.6. The summed E-state index contributed by atoms with van der Waals surface area (Å²) in [7, 11) is 1.54. The zero-order chi connectivity index (χ0) is 18.4. The lowest BCUT2D eigenvalue weighted by Crippen LogP contribution is -2.47. The smallest absolute Gasteiger partial charge is 0.256 e. The molecule has 2 aliphatic rings. The van der Waals surface area contributed by atoms with Crippen LogP contribution in [0.15, 0.2) is 17.0 Å². The van der Waals surface area contributed by atoms with Gasteiger partial charge in [0.05, 0.1) is 16.8 Å². The van der Waals surface area contributed by atoms with Crippen LogP contribution in [0.25, 0.3) is 5.57 Å². The lowest BCUT2D eigenvalue weighted by Gasteiger charge is -2.33. The number of rotatable bonds is 2. The molecule has 2 N–H and O–H groups in total. The van der Waals surface area contributed by atoms with E-state index < -0.39 is 5.54 Å². The molecule has 1 aliphatic heterocycles. The molecule has 1 spiro atoms. The normalized spacial score (nSPS) is 23.2. The van der Waals surface area contributed by atoms with E-state index in [9.17, 15) is 9.90 Å². The van der Waals surface area contributed by atoms with E-state index in [1.807, 2.05) is 13.8 Å². The second-order valence-corrected chi connectivity index (χ2v) is 7.24. The second-order valence-electron chi connectivity index (χ2n) is 7.24. The quantitative estimate of drug-likeness (QED) is 0.806. The molecule has 0 radical (unpaired) electrons. The number of benzene rings is 1. The minimum atomic E-state index is -0.670. The highest BCUT2D eigenvalue weighted by Crippen LogP contribution is 2.42. The van der Waals surface area contributed by atoms with Crippen LogP contribution >= 0.6 is 0 Å². The van der Waals surface area contributed by atoms with Crippen molar-refractivity contribution in [2.24, 2.45) is 5.16 Å². The number of hydrogen-bond donors (Lipinski definition) is 2. The standard InChI is InChI=1S/C20H26N2O3/c1-11-10-12(2)16(14(4)13(11)3)17-18(23)20(21-19(17)24)8-6-15(7-9-20)22-25-5/h10,23H,6-9H2,1-5H3,(H,21,24). The number of carbonyl (C=O) groups excluding carboxylic acids is 1. The molecule has 0 atom stereocenters. The molecule has 1 aromatic carbocycles. The van der Waals surface area contributed by atoms with Crippen molar-refractivity contribution in [3.05, 3.63) is 39.6 Å². The van der Waals surface area contributed by atoms with Crippen LogP contribution in [0.5, 0.6) is 0 Å². The predicted octanol–water partition coefficient (Wildman–Crippen LogP) is 3.63. The van der Waals surface area contributed by atoms with Gasteiger partial charge >= 0.3 is 0 Å². The SMILES string of the molecule is CON=C1CCC2(CC1)NC(=O)C(c1c(C)cc(C)c(C)c1C)=C2O. The largest absolute Gasteiger partial charge is 0.509 e. The highest BCUT2D eigenvalue weighted by Gasteiger charge is 2.48. The predicted molar refractivity (Wildman–Crippen MR) is 98.7 cm³/mol. The number of amides is 1. The van der Waals surface area contributed by atoms with Crippen molar-refractivity contribution < 1.29 is 14.7 Å². The average molecular weight is 342 g/mol. The molecular weight excluding hydrogens is 316 g/mol. The van der Waals surface area contributed by atoms with E-state index in [1.54, 1.807) is 0 Å². The van der Waals surface area contributed by atoms with Crippen molar-refractivity contribution >= 4 is 17.2 Å². The summed E-state index contributed by atoms with van der Waals surface area (Å²) in [5.74, 6) is 0.00232. The summed E-state index contributed by atoms with van der Waals surface area (Å²) in [5.41, 5.74) is 6.05. The average Bonchev–Trinajstić information content (AvgIpc) is 2.80. The first kappa shape index (κ1) is 17.5. The molecule has 0 aromatic heterocycles. The lowest BCUT2D eigenvalue weighted by molar-refractivity contribution is -0.116. The summed E-state index contributed by atoms with van der Waals surface area (Å²) in [6.45, 7) is 8.15. The summed E-state index contributed by atoms with van der Waals surface area (Å²) in [4.78, 5) is 17.6. The van der Waals surface area contributed by atoms with Gasteiger partial charge in [0, 0.05) is 0 Å². The molecule has 1 heterocycles. The van der Waals surface area contributed by atoms with E-state index in [2.05, 4.69) is 30.4 Å². The van der Waals surface area contributed by atoms with Gasteiger partial charge in [-0.15, -0.1) is 0 Å². The fraction of sp³-hybridized carbons (Fsp3) is 0.500. The van der Waals surface area contributed by atoms with Gasteiger partial charge in [-0.1, -0.05) is 11.2 Å². The van der Waals surface area contributed by atoms with Gasteiger partial charge in [0.2, 0.25) is 0 Å². The Morgan fingerprint density at radius 2 is 1.76 bits per heavy atom. The van der Waals surface area contributed by atoms with Gasteiger partial charge in [-0.25, -0.2) is 0 Å². The fourth-order valence-electron chi connectivity index (χ4n) is 4.13. The van der Waals surface area contributed by atoms with Crippen LogP contribution < -0.4 is 5.32 Å². The maximum atomic E-state index is 12.8. The van der Waals surface area contributed by atoms with E-state index in [-0.39, 0.29) is 11.7 Å². The van der Waals surface area contributed by atoms with E-state index in [0.717, 1.165) is 28.0 Å². The Bertz CT molecular complexity index is 796. The molecule has 1 saturated carbocycles. The zero-order valence-electron chi connectivity index (χ0n) is 15.6. The molecule has 5 nitrogen and oxygen atoms in total. The first-order chi connectivity index (χ1) is 11.8. The Labute approximate surface area is 148 Å². The molecule has 1 fully saturated rings. The van der Waals surface area contributed by atoms with Gasteiger partial charge < -0.3 is 15.3 Å². The van der Waals surface area contributed by atoms with E-state index in [0.29, 0.717) is 31.3 Å². The van der Waals surface area contributed by atoms with Crippen molar-refractivity contribution in [3.63, 3.8) is 0 Å². The van der Waals surface area contributed by atoms with Crippen LogP contribution in [0.4, 0.5) is 0 Å².